The van der Waals surface area contributed by atoms with Gasteiger partial charge in [-0.05, 0) is 73.5 Å². The van der Waals surface area contributed by atoms with Gasteiger partial charge in [0.25, 0.3) is 11.5 Å². The molecule has 4 aromatic rings. The second-order valence-corrected chi connectivity index (χ2v) is 12.3. The van der Waals surface area contributed by atoms with E-state index in [0.717, 1.165) is 98.7 Å². The van der Waals surface area contributed by atoms with Gasteiger partial charge in [0.1, 0.15) is 11.3 Å². The van der Waals surface area contributed by atoms with Crippen LogP contribution in [0.4, 0.5) is 13.2 Å². The number of piperidine rings is 1. The number of rotatable bonds is 10. The van der Waals surface area contributed by atoms with E-state index in [-0.39, 0.29) is 24.2 Å². The summed E-state index contributed by atoms with van der Waals surface area (Å²) in [4.78, 5) is 35.2. The van der Waals surface area contributed by atoms with Crippen molar-refractivity contribution in [2.75, 3.05) is 65.6 Å². The summed E-state index contributed by atoms with van der Waals surface area (Å²) in [5, 5.41) is 3.47. The fourth-order valence-corrected chi connectivity index (χ4v) is 6.23. The minimum Gasteiger partial charge on any atom is -0.492 e. The number of nitrogens with one attached hydrogen (secondary N) is 1. The second-order valence-electron chi connectivity index (χ2n) is 12.3. The monoisotopic (exact) mass is 673 g/mol. The molecule has 2 aliphatic rings. The number of hydrogen-bond acceptors (Lipinski definition) is 7. The summed E-state index contributed by atoms with van der Waals surface area (Å²) >= 11 is 0. The molecular weight excluding hydrogens is 635 g/mol. The normalized spacial score (nSPS) is 17.0. The van der Waals surface area contributed by atoms with Crippen LogP contribution in [0, 0.1) is 35.2 Å². The van der Waals surface area contributed by atoms with Gasteiger partial charge in [-0.2, -0.15) is 0 Å². The molecule has 2 saturated heterocycles. The minimum absolute atomic E-state index is 0.0281. The first-order valence-corrected chi connectivity index (χ1v) is 16.5. The number of nitrogens with zero attached hydrogens (tertiary/aromatic N) is 4. The number of morpholine rings is 1. The first-order chi connectivity index (χ1) is 23.8. The van der Waals surface area contributed by atoms with Crippen molar-refractivity contribution in [2.45, 2.75) is 19.4 Å². The lowest BCUT2D eigenvalue weighted by Gasteiger charge is -2.35. The number of ether oxygens (including phenoxy) is 2. The van der Waals surface area contributed by atoms with Crippen LogP contribution >= 0.6 is 0 Å². The smallest absolute Gasteiger partial charge is 0.263 e. The Balaban J connectivity index is 1.04. The third kappa shape index (κ3) is 8.86. The molecule has 256 valence electrons. The molecule has 49 heavy (non-hydrogen) atoms. The number of halogens is 3. The van der Waals surface area contributed by atoms with Crippen LogP contribution < -0.4 is 15.6 Å². The Morgan fingerprint density at radius 1 is 1.02 bits per heavy atom. The molecule has 2 fully saturated rings. The standard InChI is InChI=1S/C37H38F3N5O4/c38-31-21-28(22-32(39)35(31)40)24-45-13-3-6-29(37(45)47)36(46)42-10-1-4-26-7-8-33-30(20-26)34(9-11-41-33)49-25-27-5-2-12-44(23-27)15-14-43-16-18-48-19-17-43/h3,6-9,11,13,20-22,27H,2,5,10,12,14-19,23-25H2,(H,42,46)/t27-/m1/s1. The van der Waals surface area contributed by atoms with Gasteiger partial charge in [0.2, 0.25) is 0 Å². The molecule has 6 rings (SSSR count). The topological polar surface area (TPSA) is 88.9 Å². The Kier molecular flexibility index (Phi) is 11.3. The zero-order valence-corrected chi connectivity index (χ0v) is 27.1. The van der Waals surface area contributed by atoms with Crippen LogP contribution in [0.5, 0.6) is 5.75 Å². The van der Waals surface area contributed by atoms with Crippen LogP contribution in [-0.2, 0) is 11.3 Å². The maximum Gasteiger partial charge on any atom is 0.263 e. The molecule has 1 N–H and O–H groups in total. The van der Waals surface area contributed by atoms with Gasteiger partial charge in [-0.15, -0.1) is 0 Å². The molecule has 0 saturated carbocycles. The van der Waals surface area contributed by atoms with E-state index in [9.17, 15) is 22.8 Å². The van der Waals surface area contributed by atoms with E-state index >= 15 is 0 Å². The van der Waals surface area contributed by atoms with Gasteiger partial charge in [-0.3, -0.25) is 19.5 Å². The highest BCUT2D eigenvalue weighted by molar-refractivity contribution is 5.94. The summed E-state index contributed by atoms with van der Waals surface area (Å²) < 4.78 is 53.5. The van der Waals surface area contributed by atoms with E-state index in [4.69, 9.17) is 9.47 Å². The number of benzene rings is 2. The Bertz CT molecular complexity index is 1890. The van der Waals surface area contributed by atoms with Crippen molar-refractivity contribution in [3.05, 3.63) is 105 Å². The summed E-state index contributed by atoms with van der Waals surface area (Å²) in [6.07, 6.45) is 5.40. The fourth-order valence-electron chi connectivity index (χ4n) is 6.23. The van der Waals surface area contributed by atoms with E-state index in [1.165, 1.54) is 18.3 Å². The zero-order valence-electron chi connectivity index (χ0n) is 27.1. The average molecular weight is 674 g/mol. The maximum absolute atomic E-state index is 13.6. The van der Waals surface area contributed by atoms with Crippen LogP contribution in [0.25, 0.3) is 10.9 Å². The Hall–Kier alpha value is -4.70. The Labute approximate surface area is 282 Å². The molecule has 2 aliphatic heterocycles. The number of hydrogen-bond donors (Lipinski definition) is 1. The Morgan fingerprint density at radius 3 is 2.63 bits per heavy atom. The van der Waals surface area contributed by atoms with E-state index in [0.29, 0.717) is 18.1 Å². The van der Waals surface area contributed by atoms with Crippen molar-refractivity contribution in [3.63, 3.8) is 0 Å². The van der Waals surface area contributed by atoms with E-state index < -0.39 is 28.9 Å². The number of aromatic nitrogens is 2. The molecule has 0 aliphatic carbocycles. The van der Waals surface area contributed by atoms with Gasteiger partial charge in [0.15, 0.2) is 17.5 Å². The number of carbonyl (C=O) groups excluding carboxylic acids is 1. The predicted molar refractivity (Wildman–Crippen MR) is 179 cm³/mol. The number of amides is 1. The average Bonchev–Trinajstić information content (AvgIpc) is 3.12. The number of pyridine rings is 2. The molecular formula is C37H38F3N5O4. The quantitative estimate of drug-likeness (QED) is 0.201. The van der Waals surface area contributed by atoms with Crippen molar-refractivity contribution in [1.82, 2.24) is 24.7 Å². The summed E-state index contributed by atoms with van der Waals surface area (Å²) in [5.74, 6) is 2.20. The van der Waals surface area contributed by atoms with Crippen LogP contribution in [-0.4, -0.2) is 90.9 Å². The van der Waals surface area contributed by atoms with Crippen LogP contribution in [0.1, 0.15) is 34.3 Å². The van der Waals surface area contributed by atoms with Crippen molar-refractivity contribution >= 4 is 16.8 Å². The van der Waals surface area contributed by atoms with Gasteiger partial charge >= 0.3 is 0 Å². The van der Waals surface area contributed by atoms with Gasteiger partial charge in [0.05, 0.1) is 38.4 Å². The Morgan fingerprint density at radius 2 is 1.82 bits per heavy atom. The summed E-state index contributed by atoms with van der Waals surface area (Å²) in [5.41, 5.74) is 0.716. The van der Waals surface area contributed by atoms with Crippen molar-refractivity contribution in [1.29, 1.82) is 0 Å². The van der Waals surface area contributed by atoms with Crippen LogP contribution in [0.2, 0.25) is 0 Å². The lowest BCUT2D eigenvalue weighted by atomic mass is 9.99. The molecule has 9 nitrogen and oxygen atoms in total. The molecule has 12 heteroatoms. The number of carbonyl (C=O) groups is 1. The molecule has 1 atom stereocenters. The highest BCUT2D eigenvalue weighted by Gasteiger charge is 2.22. The van der Waals surface area contributed by atoms with Gasteiger partial charge in [0, 0.05) is 62.0 Å². The highest BCUT2D eigenvalue weighted by Crippen LogP contribution is 2.26. The van der Waals surface area contributed by atoms with Gasteiger partial charge in [-0.1, -0.05) is 11.8 Å². The minimum atomic E-state index is -1.59. The molecule has 0 radical (unpaired) electrons. The SMILES string of the molecule is O=C(NCC#Cc1ccc2nccc(OC[C@@H]3CCCN(CCN4CCOCC4)C3)c2c1)c1cccn(Cc2cc(F)c(F)c(F)c2)c1=O. The molecule has 0 bridgehead atoms. The summed E-state index contributed by atoms with van der Waals surface area (Å²) in [7, 11) is 0. The van der Waals surface area contributed by atoms with Crippen molar-refractivity contribution < 1.29 is 27.4 Å². The van der Waals surface area contributed by atoms with E-state index in [1.54, 1.807) is 6.20 Å². The summed E-state index contributed by atoms with van der Waals surface area (Å²) in [6.45, 7) is 8.24. The summed E-state index contributed by atoms with van der Waals surface area (Å²) in [6, 6.07) is 11.9. The number of likely N-dealkylation sites (tertiary alicyclic amines) is 1. The van der Waals surface area contributed by atoms with Gasteiger partial charge < -0.3 is 24.3 Å². The zero-order chi connectivity index (χ0) is 34.2. The van der Waals surface area contributed by atoms with Crippen LogP contribution in [0.3, 0.4) is 0 Å². The van der Waals surface area contributed by atoms with Crippen molar-refractivity contribution in [3.8, 4) is 17.6 Å². The van der Waals surface area contributed by atoms with E-state index in [1.807, 2.05) is 24.3 Å². The van der Waals surface area contributed by atoms with Gasteiger partial charge in [-0.25, -0.2) is 13.2 Å². The van der Waals surface area contributed by atoms with Crippen molar-refractivity contribution in [2.24, 2.45) is 5.92 Å². The molecule has 1 amide bonds. The fraction of sp³-hybridized carbons (Fsp3) is 0.378. The molecule has 4 heterocycles. The lowest BCUT2D eigenvalue weighted by Crippen LogP contribution is -2.44. The molecule has 2 aromatic heterocycles. The first-order valence-electron chi connectivity index (χ1n) is 16.5. The second kappa shape index (κ2) is 16.1. The predicted octanol–water partition coefficient (Wildman–Crippen LogP) is 4.07. The largest absolute Gasteiger partial charge is 0.492 e. The maximum atomic E-state index is 13.6. The third-order valence-electron chi connectivity index (χ3n) is 8.85. The number of fused-ring (bicyclic) bond motifs is 1. The van der Waals surface area contributed by atoms with Crippen LogP contribution in [0.15, 0.2) is 65.7 Å². The molecule has 2 aromatic carbocycles. The lowest BCUT2D eigenvalue weighted by molar-refractivity contribution is 0.0297. The first kappa shape index (κ1) is 34.2. The van der Waals surface area contributed by atoms with E-state index in [2.05, 4.69) is 31.9 Å². The highest BCUT2D eigenvalue weighted by atomic mass is 19.2. The third-order valence-corrected chi connectivity index (χ3v) is 8.85. The molecule has 0 unspecified atom stereocenters. The molecule has 0 spiro atoms.